The van der Waals surface area contributed by atoms with Crippen LogP contribution in [0.2, 0.25) is 0 Å². The molecule has 172 valence electrons. The quantitative estimate of drug-likeness (QED) is 0.724. The van der Waals surface area contributed by atoms with Crippen molar-refractivity contribution in [1.82, 2.24) is 4.90 Å². The smallest absolute Gasteiger partial charge is 0.282 e. The second-order valence-corrected chi connectivity index (χ2v) is 8.88. The summed E-state index contributed by atoms with van der Waals surface area (Å²) in [5.74, 6) is -0.842. The third-order valence-corrected chi connectivity index (χ3v) is 5.89. The Morgan fingerprint density at radius 2 is 1.61 bits per heavy atom. The molecular weight excluding hydrogens is 418 g/mol. The summed E-state index contributed by atoms with van der Waals surface area (Å²) in [6, 6.07) is 12.8. The fourth-order valence-corrected chi connectivity index (χ4v) is 4.53. The predicted octanol–water partition coefficient (Wildman–Crippen LogP) is 3.66. The van der Waals surface area contributed by atoms with E-state index in [1.54, 1.807) is 24.3 Å². The molecule has 7 nitrogen and oxygen atoms in total. The number of nitrogens with one attached hydrogen (secondary N) is 1. The van der Waals surface area contributed by atoms with Crippen LogP contribution in [0, 0.1) is 13.8 Å². The van der Waals surface area contributed by atoms with Gasteiger partial charge < -0.3 is 15.0 Å². The standard InChI is InChI=1S/C26H29N3O4/c1-15-6-7-16(2)22(12-15)29-25(31)23(20-8-10-21(11-9-20)27-19(5)30)24(26(29)32)28-13-17(3)33-18(4)14-28/h6-12,17-18H,13-14H2,1-5H3,(H,27,30). The highest BCUT2D eigenvalue weighted by atomic mass is 16.5. The number of anilines is 2. The van der Waals surface area contributed by atoms with Gasteiger partial charge in [-0.25, -0.2) is 4.90 Å². The minimum absolute atomic E-state index is 0.0673. The summed E-state index contributed by atoms with van der Waals surface area (Å²) in [5.41, 5.74) is 4.46. The molecule has 2 unspecified atom stereocenters. The molecule has 0 radical (unpaired) electrons. The number of benzene rings is 2. The molecule has 2 aliphatic heterocycles. The number of ether oxygens (including phenoxy) is 1. The van der Waals surface area contributed by atoms with Crippen LogP contribution in [-0.4, -0.2) is 47.9 Å². The van der Waals surface area contributed by atoms with Crippen molar-refractivity contribution in [2.75, 3.05) is 23.3 Å². The van der Waals surface area contributed by atoms with Gasteiger partial charge in [0.2, 0.25) is 5.91 Å². The summed E-state index contributed by atoms with van der Waals surface area (Å²) < 4.78 is 5.86. The highest BCUT2D eigenvalue weighted by Gasteiger charge is 2.44. The van der Waals surface area contributed by atoms with Gasteiger partial charge in [-0.15, -0.1) is 0 Å². The van der Waals surface area contributed by atoms with Gasteiger partial charge in [0, 0.05) is 25.7 Å². The predicted molar refractivity (Wildman–Crippen MR) is 128 cm³/mol. The molecular formula is C26H29N3O4. The summed E-state index contributed by atoms with van der Waals surface area (Å²) in [6.45, 7) is 10.3. The summed E-state index contributed by atoms with van der Waals surface area (Å²) in [6.07, 6.45) is -0.135. The van der Waals surface area contributed by atoms with Crippen LogP contribution in [0.4, 0.5) is 11.4 Å². The molecule has 2 atom stereocenters. The van der Waals surface area contributed by atoms with E-state index < -0.39 is 0 Å². The highest BCUT2D eigenvalue weighted by molar-refractivity contribution is 6.45. The lowest BCUT2D eigenvalue weighted by Crippen LogP contribution is -2.47. The van der Waals surface area contributed by atoms with Gasteiger partial charge in [-0.05, 0) is 62.6 Å². The van der Waals surface area contributed by atoms with E-state index in [2.05, 4.69) is 5.32 Å². The summed E-state index contributed by atoms with van der Waals surface area (Å²) in [7, 11) is 0. The van der Waals surface area contributed by atoms with E-state index in [9.17, 15) is 14.4 Å². The van der Waals surface area contributed by atoms with Crippen molar-refractivity contribution in [3.8, 4) is 0 Å². The lowest BCUT2D eigenvalue weighted by atomic mass is 10.0. The number of aryl methyl sites for hydroxylation is 2. The van der Waals surface area contributed by atoms with E-state index in [1.165, 1.54) is 11.8 Å². The molecule has 2 aromatic carbocycles. The van der Waals surface area contributed by atoms with Gasteiger partial charge in [0.05, 0.1) is 23.5 Å². The van der Waals surface area contributed by atoms with E-state index >= 15 is 0 Å². The topological polar surface area (TPSA) is 79.0 Å². The minimum Gasteiger partial charge on any atom is -0.372 e. The van der Waals surface area contributed by atoms with Crippen molar-refractivity contribution in [3.63, 3.8) is 0 Å². The lowest BCUT2D eigenvalue weighted by Gasteiger charge is -2.37. The van der Waals surface area contributed by atoms with Crippen molar-refractivity contribution >= 4 is 34.7 Å². The van der Waals surface area contributed by atoms with Gasteiger partial charge in [0.25, 0.3) is 11.8 Å². The zero-order valence-electron chi connectivity index (χ0n) is 19.6. The molecule has 1 fully saturated rings. The summed E-state index contributed by atoms with van der Waals surface area (Å²) in [4.78, 5) is 42.2. The number of nitrogens with zero attached hydrogens (tertiary/aromatic N) is 2. The molecule has 0 bridgehead atoms. The molecule has 33 heavy (non-hydrogen) atoms. The van der Waals surface area contributed by atoms with Crippen LogP contribution in [0.25, 0.3) is 5.57 Å². The number of imide groups is 1. The maximum absolute atomic E-state index is 13.8. The van der Waals surface area contributed by atoms with Gasteiger partial charge in [-0.3, -0.25) is 14.4 Å². The Hall–Kier alpha value is -3.45. The first kappa shape index (κ1) is 22.7. The third kappa shape index (κ3) is 4.41. The lowest BCUT2D eigenvalue weighted by molar-refractivity contribution is -0.121. The van der Waals surface area contributed by atoms with Gasteiger partial charge >= 0.3 is 0 Å². The third-order valence-electron chi connectivity index (χ3n) is 5.89. The number of hydrogen-bond acceptors (Lipinski definition) is 5. The van der Waals surface area contributed by atoms with Gasteiger partial charge in [0.1, 0.15) is 5.70 Å². The highest BCUT2D eigenvalue weighted by Crippen LogP contribution is 2.37. The van der Waals surface area contributed by atoms with Crippen LogP contribution in [0.15, 0.2) is 48.2 Å². The molecule has 0 aliphatic carbocycles. The van der Waals surface area contributed by atoms with Crippen LogP contribution >= 0.6 is 0 Å². The summed E-state index contributed by atoms with van der Waals surface area (Å²) in [5, 5.41) is 2.73. The van der Waals surface area contributed by atoms with Crippen molar-refractivity contribution in [2.24, 2.45) is 0 Å². The van der Waals surface area contributed by atoms with Crippen LogP contribution in [0.1, 0.15) is 37.5 Å². The molecule has 4 rings (SSSR count). The van der Waals surface area contributed by atoms with Crippen molar-refractivity contribution in [2.45, 2.75) is 46.8 Å². The van der Waals surface area contributed by atoms with E-state index in [0.717, 1.165) is 11.1 Å². The van der Waals surface area contributed by atoms with Crippen molar-refractivity contribution in [3.05, 3.63) is 64.9 Å². The number of amides is 3. The van der Waals surface area contributed by atoms with Crippen molar-refractivity contribution < 1.29 is 19.1 Å². The number of rotatable bonds is 4. The van der Waals surface area contributed by atoms with Gasteiger partial charge in [0.15, 0.2) is 0 Å². The maximum atomic E-state index is 13.8. The number of hydrogen-bond donors (Lipinski definition) is 1. The molecule has 3 amide bonds. The van der Waals surface area contributed by atoms with E-state index in [1.807, 2.05) is 50.8 Å². The Morgan fingerprint density at radius 1 is 0.970 bits per heavy atom. The molecule has 2 aromatic rings. The Morgan fingerprint density at radius 3 is 2.21 bits per heavy atom. The van der Waals surface area contributed by atoms with Crippen molar-refractivity contribution in [1.29, 1.82) is 0 Å². The zero-order valence-corrected chi connectivity index (χ0v) is 19.6. The second kappa shape index (κ2) is 8.83. The van der Waals surface area contributed by atoms with E-state index in [0.29, 0.717) is 41.3 Å². The zero-order chi connectivity index (χ0) is 23.9. The van der Waals surface area contributed by atoms with Gasteiger partial charge in [-0.1, -0.05) is 24.3 Å². The normalized spacial score (nSPS) is 21.1. The number of carbonyl (C=O) groups excluding carboxylic acids is 3. The minimum atomic E-state index is -0.345. The maximum Gasteiger partial charge on any atom is 0.282 e. The Kier molecular flexibility index (Phi) is 6.08. The monoisotopic (exact) mass is 447 g/mol. The van der Waals surface area contributed by atoms with Gasteiger partial charge in [-0.2, -0.15) is 0 Å². The van der Waals surface area contributed by atoms with E-state index in [4.69, 9.17) is 4.74 Å². The number of morpholine rings is 1. The van der Waals surface area contributed by atoms with E-state index in [-0.39, 0.29) is 29.9 Å². The van der Waals surface area contributed by atoms with Crippen LogP contribution in [0.5, 0.6) is 0 Å². The molecule has 7 heteroatoms. The first-order valence-electron chi connectivity index (χ1n) is 11.1. The molecule has 0 spiro atoms. The van der Waals surface area contributed by atoms with Crippen LogP contribution in [0.3, 0.4) is 0 Å². The molecule has 2 heterocycles. The summed E-state index contributed by atoms with van der Waals surface area (Å²) >= 11 is 0. The second-order valence-electron chi connectivity index (χ2n) is 8.88. The first-order chi connectivity index (χ1) is 15.7. The fourth-order valence-electron chi connectivity index (χ4n) is 4.53. The first-order valence-corrected chi connectivity index (χ1v) is 11.1. The Balaban J connectivity index is 1.82. The average molecular weight is 448 g/mol. The van der Waals surface area contributed by atoms with Crippen LogP contribution in [-0.2, 0) is 19.1 Å². The Bertz CT molecular complexity index is 1140. The molecule has 0 saturated carbocycles. The largest absolute Gasteiger partial charge is 0.372 e. The SMILES string of the molecule is CC(=O)Nc1ccc(C2=C(N3CC(C)OC(C)C3)C(=O)N(c3cc(C)ccc3C)C2=O)cc1. The molecule has 1 saturated heterocycles. The molecule has 0 aromatic heterocycles. The Labute approximate surface area is 194 Å². The fraction of sp³-hybridized carbons (Fsp3) is 0.346. The molecule has 2 aliphatic rings. The average Bonchev–Trinajstić information content (AvgIpc) is 2.99. The number of carbonyl (C=O) groups is 3. The molecule has 1 N–H and O–H groups in total. The van der Waals surface area contributed by atoms with Crippen LogP contribution < -0.4 is 10.2 Å².